The maximum Gasteiger partial charge on any atom is 0.273 e. The quantitative estimate of drug-likeness (QED) is 0.705. The van der Waals surface area contributed by atoms with Crippen LogP contribution in [0, 0.1) is 11.8 Å². The molecule has 1 saturated carbocycles. The smallest absolute Gasteiger partial charge is 0.273 e. The Morgan fingerprint density at radius 3 is 2.79 bits per heavy atom. The van der Waals surface area contributed by atoms with E-state index in [0.717, 1.165) is 24.8 Å². The van der Waals surface area contributed by atoms with Gasteiger partial charge in [-0.25, -0.2) is 0 Å². The zero-order chi connectivity index (χ0) is 20.3. The van der Waals surface area contributed by atoms with Crippen LogP contribution in [0.2, 0.25) is 0 Å². The first-order valence-corrected chi connectivity index (χ1v) is 10.0. The molecule has 0 bridgehead atoms. The number of carbonyl (C=O) groups is 3. The summed E-state index contributed by atoms with van der Waals surface area (Å²) in [6, 6.07) is 0.0689. The molecule has 1 saturated heterocycles. The second-order valence-electron chi connectivity index (χ2n) is 8.96. The van der Waals surface area contributed by atoms with Crippen LogP contribution in [0.3, 0.4) is 0 Å². The lowest BCUT2D eigenvalue weighted by Crippen LogP contribution is -2.42. The summed E-state index contributed by atoms with van der Waals surface area (Å²) in [5, 5.41) is 12.7. The zero-order valence-electron chi connectivity index (χ0n) is 16.8. The van der Waals surface area contributed by atoms with Gasteiger partial charge in [-0.1, -0.05) is 25.9 Å². The highest BCUT2D eigenvalue weighted by atomic mass is 16.5. The van der Waals surface area contributed by atoms with Gasteiger partial charge in [0, 0.05) is 37.0 Å². The molecule has 1 aliphatic heterocycles. The minimum absolute atomic E-state index is 0.0419. The molecule has 0 aromatic carbocycles. The first-order chi connectivity index (χ1) is 13.2. The highest BCUT2D eigenvalue weighted by Crippen LogP contribution is 2.28. The van der Waals surface area contributed by atoms with Crippen molar-refractivity contribution in [2.24, 2.45) is 11.8 Å². The number of amides is 3. The van der Waals surface area contributed by atoms with E-state index in [1.54, 1.807) is 0 Å². The van der Waals surface area contributed by atoms with Crippen LogP contribution in [0.25, 0.3) is 0 Å². The average Bonchev–Trinajstić information content (AvgIpc) is 3.28. The molecular formula is C20H30N4O4. The summed E-state index contributed by atoms with van der Waals surface area (Å²) in [6.07, 6.45) is 5.13. The van der Waals surface area contributed by atoms with E-state index in [1.165, 1.54) is 6.26 Å². The van der Waals surface area contributed by atoms with Gasteiger partial charge in [0.2, 0.25) is 11.8 Å². The molecule has 154 valence electrons. The van der Waals surface area contributed by atoms with E-state index in [1.807, 2.05) is 20.8 Å². The Kier molecular flexibility index (Phi) is 6.05. The fraction of sp³-hybridized carbons (Fsp3) is 0.700. The third-order valence-electron chi connectivity index (χ3n) is 5.65. The Hall–Kier alpha value is -2.38. The minimum atomic E-state index is -0.228. The van der Waals surface area contributed by atoms with Gasteiger partial charge in [-0.05, 0) is 37.0 Å². The molecule has 3 rings (SSSR count). The molecule has 3 unspecified atom stereocenters. The maximum atomic E-state index is 12.6. The molecule has 3 atom stereocenters. The van der Waals surface area contributed by atoms with Crippen molar-refractivity contribution in [3.05, 3.63) is 17.5 Å². The van der Waals surface area contributed by atoms with Crippen LogP contribution in [-0.4, -0.2) is 42.0 Å². The standard InChI is InChI=1S/C20H30N4O4/c1-20(2,3)15-11-28-24-17(15)19(27)23-14-5-4-12(8-14)10-22-18(26)13-6-7-21-16(25)9-13/h11-14H,4-10H2,1-3H3,(H,21,25)(H,22,26)(H,23,27). The molecule has 28 heavy (non-hydrogen) atoms. The number of rotatable bonds is 5. The van der Waals surface area contributed by atoms with E-state index in [0.29, 0.717) is 31.1 Å². The largest absolute Gasteiger partial charge is 0.364 e. The normalized spacial score (nSPS) is 25.2. The topological polar surface area (TPSA) is 113 Å². The molecular weight excluding hydrogens is 360 g/mol. The van der Waals surface area contributed by atoms with E-state index < -0.39 is 0 Å². The van der Waals surface area contributed by atoms with Crippen LogP contribution in [0.5, 0.6) is 0 Å². The van der Waals surface area contributed by atoms with Gasteiger partial charge in [0.15, 0.2) is 5.69 Å². The fourth-order valence-electron chi connectivity index (χ4n) is 3.97. The summed E-state index contributed by atoms with van der Waals surface area (Å²) in [5.74, 6) is -0.210. The van der Waals surface area contributed by atoms with Gasteiger partial charge in [-0.2, -0.15) is 0 Å². The summed E-state index contributed by atoms with van der Waals surface area (Å²) in [4.78, 5) is 36.3. The highest BCUT2D eigenvalue weighted by molar-refractivity contribution is 5.94. The molecule has 1 aliphatic carbocycles. The molecule has 0 radical (unpaired) electrons. The van der Waals surface area contributed by atoms with Crippen LogP contribution in [0.15, 0.2) is 10.8 Å². The van der Waals surface area contributed by atoms with Gasteiger partial charge in [-0.15, -0.1) is 0 Å². The van der Waals surface area contributed by atoms with Crippen molar-refractivity contribution in [3.8, 4) is 0 Å². The first kappa shape index (κ1) is 20.4. The van der Waals surface area contributed by atoms with Crippen molar-refractivity contribution >= 4 is 17.7 Å². The molecule has 2 heterocycles. The van der Waals surface area contributed by atoms with Crippen molar-refractivity contribution in [3.63, 3.8) is 0 Å². The summed E-state index contributed by atoms with van der Waals surface area (Å²) >= 11 is 0. The molecule has 2 fully saturated rings. The second-order valence-corrected chi connectivity index (χ2v) is 8.96. The minimum Gasteiger partial charge on any atom is -0.364 e. The Labute approximate surface area is 165 Å². The average molecular weight is 390 g/mol. The number of piperidine rings is 1. The Morgan fingerprint density at radius 1 is 1.29 bits per heavy atom. The van der Waals surface area contributed by atoms with Gasteiger partial charge in [0.25, 0.3) is 5.91 Å². The molecule has 3 N–H and O–H groups in total. The molecule has 2 aliphatic rings. The molecule has 1 aromatic heterocycles. The van der Waals surface area contributed by atoms with Crippen LogP contribution < -0.4 is 16.0 Å². The predicted octanol–water partition coefficient (Wildman–Crippen LogP) is 1.51. The SMILES string of the molecule is CC(C)(C)c1conc1C(=O)NC1CCC(CNC(=O)C2CCNC(=O)C2)C1. The van der Waals surface area contributed by atoms with Crippen molar-refractivity contribution in [1.29, 1.82) is 0 Å². The Bertz CT molecular complexity index is 737. The lowest BCUT2D eigenvalue weighted by molar-refractivity contribution is -0.132. The number of hydrogen-bond acceptors (Lipinski definition) is 5. The lowest BCUT2D eigenvalue weighted by Gasteiger charge is -2.22. The van der Waals surface area contributed by atoms with E-state index in [-0.39, 0.29) is 41.5 Å². The van der Waals surface area contributed by atoms with Gasteiger partial charge >= 0.3 is 0 Å². The number of nitrogens with zero attached hydrogens (tertiary/aromatic N) is 1. The van der Waals surface area contributed by atoms with Gasteiger partial charge in [0.1, 0.15) is 6.26 Å². The number of nitrogens with one attached hydrogen (secondary N) is 3. The van der Waals surface area contributed by atoms with Gasteiger partial charge < -0.3 is 20.5 Å². The van der Waals surface area contributed by atoms with E-state index in [2.05, 4.69) is 21.1 Å². The van der Waals surface area contributed by atoms with Crippen LogP contribution in [0.4, 0.5) is 0 Å². The highest BCUT2D eigenvalue weighted by Gasteiger charge is 2.31. The fourth-order valence-corrected chi connectivity index (χ4v) is 3.97. The Morgan fingerprint density at radius 2 is 2.07 bits per heavy atom. The third-order valence-corrected chi connectivity index (χ3v) is 5.65. The predicted molar refractivity (Wildman–Crippen MR) is 103 cm³/mol. The van der Waals surface area contributed by atoms with Crippen molar-refractivity contribution in [1.82, 2.24) is 21.1 Å². The van der Waals surface area contributed by atoms with E-state index >= 15 is 0 Å². The maximum absolute atomic E-state index is 12.6. The monoisotopic (exact) mass is 390 g/mol. The lowest BCUT2D eigenvalue weighted by atomic mass is 9.87. The van der Waals surface area contributed by atoms with Crippen molar-refractivity contribution in [2.75, 3.05) is 13.1 Å². The van der Waals surface area contributed by atoms with Crippen molar-refractivity contribution < 1.29 is 18.9 Å². The number of carbonyl (C=O) groups excluding carboxylic acids is 3. The van der Waals surface area contributed by atoms with Gasteiger partial charge in [-0.3, -0.25) is 14.4 Å². The summed E-state index contributed by atoms with van der Waals surface area (Å²) in [6.45, 7) is 7.19. The molecule has 0 spiro atoms. The van der Waals surface area contributed by atoms with E-state index in [9.17, 15) is 14.4 Å². The van der Waals surface area contributed by atoms with Crippen LogP contribution in [0.1, 0.15) is 68.9 Å². The number of aromatic nitrogens is 1. The zero-order valence-corrected chi connectivity index (χ0v) is 16.8. The van der Waals surface area contributed by atoms with Crippen LogP contribution >= 0.6 is 0 Å². The summed E-state index contributed by atoms with van der Waals surface area (Å²) in [5.41, 5.74) is 0.925. The van der Waals surface area contributed by atoms with Crippen LogP contribution in [-0.2, 0) is 15.0 Å². The van der Waals surface area contributed by atoms with E-state index in [4.69, 9.17) is 4.52 Å². The molecule has 3 amide bonds. The third kappa shape index (κ3) is 4.91. The number of hydrogen-bond donors (Lipinski definition) is 3. The van der Waals surface area contributed by atoms with Gasteiger partial charge in [0.05, 0.1) is 0 Å². The molecule has 1 aromatic rings. The molecule has 8 heteroatoms. The first-order valence-electron chi connectivity index (χ1n) is 10.0. The summed E-state index contributed by atoms with van der Waals surface area (Å²) in [7, 11) is 0. The molecule has 8 nitrogen and oxygen atoms in total. The second kappa shape index (κ2) is 8.32. The summed E-state index contributed by atoms with van der Waals surface area (Å²) < 4.78 is 5.02. The van der Waals surface area contributed by atoms with Crippen molar-refractivity contribution in [2.45, 2.75) is 64.3 Å². The Balaban J connectivity index is 1.45.